The van der Waals surface area contributed by atoms with Gasteiger partial charge in [0.25, 0.3) is 0 Å². The molecule has 0 fully saturated rings. The molecular weight excluding hydrogens is 214 g/mol. The number of hydrogen-bond donors (Lipinski definition) is 4. The summed E-state index contributed by atoms with van der Waals surface area (Å²) in [5.74, 6) is -1.81. The number of carboxylic acid groups (broad SMARTS) is 1. The fourth-order valence-electron chi connectivity index (χ4n) is 1.16. The second-order valence-electron chi connectivity index (χ2n) is 3.10. The highest BCUT2D eigenvalue weighted by Crippen LogP contribution is 2.24. The monoisotopic (exact) mass is 223 g/mol. The Balaban J connectivity index is 3.13. The van der Waals surface area contributed by atoms with Gasteiger partial charge in [-0.05, 0) is 17.7 Å². The third-order valence-corrected chi connectivity index (χ3v) is 2.02. The molecule has 4 N–H and O–H groups in total. The van der Waals surface area contributed by atoms with Crippen molar-refractivity contribution in [3.8, 4) is 11.8 Å². The Morgan fingerprint density at radius 2 is 2.00 bits per heavy atom. The molecule has 0 spiro atoms. The predicted molar refractivity (Wildman–Crippen MR) is 51.6 cm³/mol. The summed E-state index contributed by atoms with van der Waals surface area (Å²) in [6.07, 6.45) is -3.16. The lowest BCUT2D eigenvalue weighted by Gasteiger charge is -2.12. The van der Waals surface area contributed by atoms with Crippen LogP contribution in [0.2, 0.25) is 0 Å². The Morgan fingerprint density at radius 3 is 2.50 bits per heavy atom. The van der Waals surface area contributed by atoms with E-state index in [1.807, 2.05) is 0 Å². The van der Waals surface area contributed by atoms with Crippen LogP contribution in [-0.4, -0.2) is 32.5 Å². The summed E-state index contributed by atoms with van der Waals surface area (Å²) in [6, 6.07) is 4.73. The molecule has 2 unspecified atom stereocenters. The molecule has 0 radical (unpaired) electrons. The van der Waals surface area contributed by atoms with Gasteiger partial charge >= 0.3 is 5.97 Å². The molecule has 0 aromatic heterocycles. The molecule has 0 heterocycles. The van der Waals surface area contributed by atoms with Crippen molar-refractivity contribution < 1.29 is 25.2 Å². The van der Waals surface area contributed by atoms with Gasteiger partial charge in [-0.3, -0.25) is 0 Å². The molecule has 1 aromatic rings. The number of phenols is 1. The van der Waals surface area contributed by atoms with Gasteiger partial charge in [-0.15, -0.1) is 0 Å². The maximum atomic E-state index is 10.7. The minimum absolute atomic E-state index is 0.0456. The maximum absolute atomic E-state index is 10.7. The molecule has 0 aliphatic heterocycles. The van der Waals surface area contributed by atoms with Crippen LogP contribution in [0.15, 0.2) is 18.2 Å². The zero-order valence-corrected chi connectivity index (χ0v) is 8.03. The molecular formula is C10H9NO5. The number of rotatable bonds is 3. The number of nitrogens with zero attached hydrogens (tertiary/aromatic N) is 1. The van der Waals surface area contributed by atoms with E-state index in [0.29, 0.717) is 0 Å². The number of aromatic hydroxyl groups is 1. The van der Waals surface area contributed by atoms with Crippen LogP contribution < -0.4 is 0 Å². The maximum Gasteiger partial charge on any atom is 0.339 e. The van der Waals surface area contributed by atoms with Gasteiger partial charge in [-0.1, -0.05) is 6.07 Å². The van der Waals surface area contributed by atoms with Crippen LogP contribution in [0.5, 0.6) is 5.75 Å². The third-order valence-electron chi connectivity index (χ3n) is 2.02. The van der Waals surface area contributed by atoms with E-state index < -0.39 is 29.5 Å². The molecule has 0 saturated carbocycles. The Bertz CT molecular complexity index is 451. The molecule has 6 nitrogen and oxygen atoms in total. The quantitative estimate of drug-likeness (QED) is 0.535. The van der Waals surface area contributed by atoms with Gasteiger partial charge in [0.15, 0.2) is 6.10 Å². The first-order valence-electron chi connectivity index (χ1n) is 4.29. The Kier molecular flexibility index (Phi) is 3.45. The smallest absolute Gasteiger partial charge is 0.339 e. The van der Waals surface area contributed by atoms with Crippen LogP contribution in [0.3, 0.4) is 0 Å². The molecule has 2 atom stereocenters. The van der Waals surface area contributed by atoms with Crippen molar-refractivity contribution in [1.29, 1.82) is 5.26 Å². The highest BCUT2D eigenvalue weighted by Gasteiger charge is 2.20. The topological polar surface area (TPSA) is 122 Å². The molecule has 1 rings (SSSR count). The lowest BCUT2D eigenvalue weighted by atomic mass is 10.0. The van der Waals surface area contributed by atoms with Crippen molar-refractivity contribution in [1.82, 2.24) is 0 Å². The molecule has 0 aliphatic rings. The molecule has 6 heteroatoms. The van der Waals surface area contributed by atoms with Crippen molar-refractivity contribution in [3.05, 3.63) is 29.3 Å². The van der Waals surface area contributed by atoms with Gasteiger partial charge < -0.3 is 20.4 Å². The molecule has 16 heavy (non-hydrogen) atoms. The van der Waals surface area contributed by atoms with E-state index in [1.165, 1.54) is 12.1 Å². The number of aromatic carboxylic acids is 1. The van der Waals surface area contributed by atoms with Crippen LogP contribution in [0, 0.1) is 11.3 Å². The number of carbonyl (C=O) groups is 1. The Morgan fingerprint density at radius 1 is 1.38 bits per heavy atom. The minimum Gasteiger partial charge on any atom is -0.507 e. The fourth-order valence-corrected chi connectivity index (χ4v) is 1.16. The normalized spacial score (nSPS) is 13.8. The van der Waals surface area contributed by atoms with Crippen molar-refractivity contribution in [2.45, 2.75) is 12.2 Å². The minimum atomic E-state index is -1.65. The Hall–Kier alpha value is -2.10. The molecule has 0 bridgehead atoms. The van der Waals surface area contributed by atoms with Gasteiger partial charge in [0, 0.05) is 0 Å². The van der Waals surface area contributed by atoms with E-state index in [9.17, 15) is 15.0 Å². The summed E-state index contributed by atoms with van der Waals surface area (Å²) in [5, 5.41) is 44.8. The van der Waals surface area contributed by atoms with E-state index >= 15 is 0 Å². The first kappa shape index (κ1) is 12.0. The highest BCUT2D eigenvalue weighted by atomic mass is 16.4. The van der Waals surface area contributed by atoms with E-state index in [4.69, 9.17) is 15.5 Å². The van der Waals surface area contributed by atoms with Crippen molar-refractivity contribution in [2.24, 2.45) is 0 Å². The van der Waals surface area contributed by atoms with Gasteiger partial charge in [0.1, 0.15) is 17.4 Å². The molecule has 0 aliphatic carbocycles. The summed E-state index contributed by atoms with van der Waals surface area (Å²) >= 11 is 0. The van der Waals surface area contributed by atoms with E-state index in [0.717, 1.165) is 12.1 Å². The van der Waals surface area contributed by atoms with Gasteiger partial charge in [-0.2, -0.15) is 5.26 Å². The number of aliphatic hydroxyl groups excluding tert-OH is 2. The van der Waals surface area contributed by atoms with Crippen molar-refractivity contribution >= 4 is 5.97 Å². The van der Waals surface area contributed by atoms with Gasteiger partial charge in [0.2, 0.25) is 0 Å². The number of benzene rings is 1. The van der Waals surface area contributed by atoms with Crippen LogP contribution in [0.1, 0.15) is 22.0 Å². The van der Waals surface area contributed by atoms with Gasteiger partial charge in [-0.25, -0.2) is 4.79 Å². The summed E-state index contributed by atoms with van der Waals surface area (Å²) in [4.78, 5) is 10.7. The number of aliphatic hydroxyl groups is 2. The first-order chi connectivity index (χ1) is 7.47. The predicted octanol–water partition coefficient (Wildman–Crippen LogP) is 0.00828. The molecule has 84 valence electrons. The summed E-state index contributed by atoms with van der Waals surface area (Å²) in [6.45, 7) is 0. The zero-order valence-electron chi connectivity index (χ0n) is 8.03. The second-order valence-corrected chi connectivity index (χ2v) is 3.10. The largest absolute Gasteiger partial charge is 0.507 e. The van der Waals surface area contributed by atoms with E-state index in [-0.39, 0.29) is 5.56 Å². The molecule has 0 amide bonds. The second kappa shape index (κ2) is 4.61. The standard InChI is InChI=1S/C10H9NO5/c11-4-8(13)9(14)5-1-2-7(12)6(3-5)10(15)16/h1-3,8-9,12-14H,(H,15,16). The molecule has 1 aromatic carbocycles. The van der Waals surface area contributed by atoms with E-state index in [1.54, 1.807) is 0 Å². The SMILES string of the molecule is N#CC(O)C(O)c1ccc(O)c(C(=O)O)c1. The average Bonchev–Trinajstić information content (AvgIpc) is 2.27. The Labute approximate surface area is 90.6 Å². The van der Waals surface area contributed by atoms with Crippen LogP contribution in [0.25, 0.3) is 0 Å². The third kappa shape index (κ3) is 2.28. The lowest BCUT2D eigenvalue weighted by molar-refractivity contribution is 0.0525. The van der Waals surface area contributed by atoms with E-state index in [2.05, 4.69) is 0 Å². The van der Waals surface area contributed by atoms with Crippen molar-refractivity contribution in [3.63, 3.8) is 0 Å². The first-order valence-corrected chi connectivity index (χ1v) is 4.29. The summed E-state index contributed by atoms with van der Waals surface area (Å²) < 4.78 is 0. The molecule has 0 saturated heterocycles. The van der Waals surface area contributed by atoms with Crippen molar-refractivity contribution in [2.75, 3.05) is 0 Å². The fraction of sp³-hybridized carbons (Fsp3) is 0.200. The number of carboxylic acids is 1. The van der Waals surface area contributed by atoms with Crippen LogP contribution >= 0.6 is 0 Å². The number of nitriles is 1. The highest BCUT2D eigenvalue weighted by molar-refractivity contribution is 5.90. The zero-order chi connectivity index (χ0) is 12.3. The van der Waals surface area contributed by atoms with Crippen LogP contribution in [0.4, 0.5) is 0 Å². The lowest BCUT2D eigenvalue weighted by Crippen LogP contribution is -2.16. The number of hydrogen-bond acceptors (Lipinski definition) is 5. The van der Waals surface area contributed by atoms with Gasteiger partial charge in [0.05, 0.1) is 6.07 Å². The summed E-state index contributed by atoms with van der Waals surface area (Å²) in [7, 11) is 0. The summed E-state index contributed by atoms with van der Waals surface area (Å²) in [5.41, 5.74) is -0.356. The average molecular weight is 223 g/mol. The van der Waals surface area contributed by atoms with Crippen LogP contribution in [-0.2, 0) is 0 Å².